The summed E-state index contributed by atoms with van der Waals surface area (Å²) in [6.45, 7) is 0. The van der Waals surface area contributed by atoms with Crippen LogP contribution in [-0.2, 0) is 0 Å². The number of halogens is 1. The monoisotopic (exact) mass is 403 g/mol. The van der Waals surface area contributed by atoms with Crippen molar-refractivity contribution in [2.75, 3.05) is 0 Å². The van der Waals surface area contributed by atoms with Gasteiger partial charge in [0.05, 0.1) is 11.2 Å². The van der Waals surface area contributed by atoms with E-state index in [1.54, 1.807) is 24.5 Å². The summed E-state index contributed by atoms with van der Waals surface area (Å²) in [7, 11) is 0. The maximum Gasteiger partial charge on any atom is 0.234 e. The molecule has 0 radical (unpaired) electrons. The SMILES string of the molecule is O=c1cc(/C=C/c2ccccc2)n(-c2ncccn2)c2cc(Br)ccc12. The lowest BCUT2D eigenvalue weighted by atomic mass is 10.1. The first-order chi connectivity index (χ1) is 12.7. The standard InChI is InChI=1S/C21H14BrN3O/c22-16-8-10-18-19(13-16)25(21-23-11-4-12-24-21)17(14-20(18)26)9-7-15-5-2-1-3-6-15/h1-14H/b9-7+. The van der Waals surface area contributed by atoms with Gasteiger partial charge in [-0.3, -0.25) is 9.36 Å². The van der Waals surface area contributed by atoms with E-state index in [1.165, 1.54) is 0 Å². The molecule has 4 aromatic rings. The second-order valence-corrected chi connectivity index (χ2v) is 6.64. The van der Waals surface area contributed by atoms with Crippen molar-refractivity contribution in [3.8, 4) is 5.95 Å². The Balaban J connectivity index is 2.00. The molecule has 0 atom stereocenters. The quantitative estimate of drug-likeness (QED) is 0.497. The van der Waals surface area contributed by atoms with Crippen LogP contribution in [0.5, 0.6) is 0 Å². The third kappa shape index (κ3) is 3.21. The molecule has 4 rings (SSSR count). The number of aromatic nitrogens is 3. The molecule has 0 fully saturated rings. The fraction of sp³-hybridized carbons (Fsp3) is 0. The first-order valence-electron chi connectivity index (χ1n) is 8.08. The van der Waals surface area contributed by atoms with Crippen molar-refractivity contribution in [1.82, 2.24) is 14.5 Å². The van der Waals surface area contributed by atoms with E-state index in [1.807, 2.05) is 65.3 Å². The Morgan fingerprint density at radius 3 is 2.42 bits per heavy atom. The molecule has 0 bridgehead atoms. The van der Waals surface area contributed by atoms with E-state index in [2.05, 4.69) is 25.9 Å². The first kappa shape index (κ1) is 16.4. The Kier molecular flexibility index (Phi) is 4.46. The van der Waals surface area contributed by atoms with Crippen LogP contribution < -0.4 is 5.43 Å². The second-order valence-electron chi connectivity index (χ2n) is 5.72. The highest BCUT2D eigenvalue weighted by Crippen LogP contribution is 2.22. The lowest BCUT2D eigenvalue weighted by molar-refractivity contribution is 0.940. The Morgan fingerprint density at radius 1 is 0.885 bits per heavy atom. The third-order valence-electron chi connectivity index (χ3n) is 4.00. The van der Waals surface area contributed by atoms with Gasteiger partial charge in [0.15, 0.2) is 5.43 Å². The molecule has 0 aliphatic rings. The maximum atomic E-state index is 12.6. The lowest BCUT2D eigenvalue weighted by Crippen LogP contribution is -2.12. The molecule has 5 heteroatoms. The average molecular weight is 404 g/mol. The minimum absolute atomic E-state index is 0.0348. The molecule has 2 aromatic carbocycles. The Labute approximate surface area is 158 Å². The van der Waals surface area contributed by atoms with Crippen LogP contribution in [0.25, 0.3) is 29.0 Å². The minimum Gasteiger partial charge on any atom is -0.289 e. The molecule has 0 N–H and O–H groups in total. The highest BCUT2D eigenvalue weighted by atomic mass is 79.9. The molecule has 126 valence electrons. The van der Waals surface area contributed by atoms with Crippen LogP contribution in [-0.4, -0.2) is 14.5 Å². The van der Waals surface area contributed by atoms with Crippen LogP contribution in [0.15, 0.2) is 82.3 Å². The Bertz CT molecular complexity index is 1150. The Morgan fingerprint density at radius 2 is 1.65 bits per heavy atom. The molecule has 0 saturated carbocycles. The molecule has 2 heterocycles. The summed E-state index contributed by atoms with van der Waals surface area (Å²) in [5.41, 5.74) is 2.49. The van der Waals surface area contributed by atoms with E-state index in [9.17, 15) is 4.79 Å². The van der Waals surface area contributed by atoms with E-state index in [4.69, 9.17) is 0 Å². The zero-order valence-corrected chi connectivity index (χ0v) is 15.3. The lowest BCUT2D eigenvalue weighted by Gasteiger charge is -2.13. The highest BCUT2D eigenvalue weighted by Gasteiger charge is 2.11. The fourth-order valence-corrected chi connectivity index (χ4v) is 3.16. The van der Waals surface area contributed by atoms with Gasteiger partial charge in [0.1, 0.15) is 0 Å². The topological polar surface area (TPSA) is 47.8 Å². The fourth-order valence-electron chi connectivity index (χ4n) is 2.81. The molecule has 0 unspecified atom stereocenters. The largest absolute Gasteiger partial charge is 0.289 e. The summed E-state index contributed by atoms with van der Waals surface area (Å²) >= 11 is 3.49. The van der Waals surface area contributed by atoms with Gasteiger partial charge >= 0.3 is 0 Å². The van der Waals surface area contributed by atoms with Crippen LogP contribution in [0.1, 0.15) is 11.3 Å². The summed E-state index contributed by atoms with van der Waals surface area (Å²) in [5.74, 6) is 0.517. The van der Waals surface area contributed by atoms with Gasteiger partial charge in [-0.25, -0.2) is 9.97 Å². The summed E-state index contributed by atoms with van der Waals surface area (Å²) in [5, 5.41) is 0.623. The number of fused-ring (bicyclic) bond motifs is 1. The smallest absolute Gasteiger partial charge is 0.234 e. The second kappa shape index (κ2) is 7.06. The van der Waals surface area contributed by atoms with Crippen molar-refractivity contribution >= 4 is 39.0 Å². The summed E-state index contributed by atoms with van der Waals surface area (Å²) < 4.78 is 2.78. The van der Waals surface area contributed by atoms with E-state index >= 15 is 0 Å². The van der Waals surface area contributed by atoms with Crippen LogP contribution in [0.3, 0.4) is 0 Å². The van der Waals surface area contributed by atoms with Crippen LogP contribution in [0.2, 0.25) is 0 Å². The number of hydrogen-bond donors (Lipinski definition) is 0. The number of rotatable bonds is 3. The van der Waals surface area contributed by atoms with E-state index in [0.717, 1.165) is 21.2 Å². The van der Waals surface area contributed by atoms with Gasteiger partial charge in [-0.15, -0.1) is 0 Å². The number of pyridine rings is 1. The number of nitrogens with zero attached hydrogens (tertiary/aromatic N) is 3. The minimum atomic E-state index is -0.0348. The van der Waals surface area contributed by atoms with Crippen LogP contribution in [0, 0.1) is 0 Å². The number of benzene rings is 2. The molecule has 4 nitrogen and oxygen atoms in total. The van der Waals surface area contributed by atoms with Crippen molar-refractivity contribution in [2.24, 2.45) is 0 Å². The van der Waals surface area contributed by atoms with Gasteiger partial charge in [-0.05, 0) is 35.9 Å². The Hall–Kier alpha value is -3.05. The molecular weight excluding hydrogens is 390 g/mol. The van der Waals surface area contributed by atoms with Crippen molar-refractivity contribution in [2.45, 2.75) is 0 Å². The van der Waals surface area contributed by atoms with Gasteiger partial charge in [0.2, 0.25) is 5.95 Å². The van der Waals surface area contributed by atoms with E-state index in [-0.39, 0.29) is 5.43 Å². The predicted octanol–water partition coefficient (Wildman–Crippen LogP) is 4.71. The highest BCUT2D eigenvalue weighted by molar-refractivity contribution is 9.10. The number of hydrogen-bond acceptors (Lipinski definition) is 3. The van der Waals surface area contributed by atoms with E-state index in [0.29, 0.717) is 11.3 Å². The zero-order chi connectivity index (χ0) is 17.9. The van der Waals surface area contributed by atoms with Crippen LogP contribution in [0.4, 0.5) is 0 Å². The molecule has 26 heavy (non-hydrogen) atoms. The maximum absolute atomic E-state index is 12.6. The normalized spacial score (nSPS) is 11.3. The van der Waals surface area contributed by atoms with Crippen molar-refractivity contribution in [3.05, 3.63) is 99.0 Å². The average Bonchev–Trinajstić information content (AvgIpc) is 2.67. The van der Waals surface area contributed by atoms with Crippen molar-refractivity contribution in [3.63, 3.8) is 0 Å². The van der Waals surface area contributed by atoms with Gasteiger partial charge in [0.25, 0.3) is 0 Å². The van der Waals surface area contributed by atoms with Crippen LogP contribution >= 0.6 is 15.9 Å². The summed E-state index contributed by atoms with van der Waals surface area (Å²) in [6, 6.07) is 18.9. The van der Waals surface area contributed by atoms with E-state index < -0.39 is 0 Å². The molecule has 2 aromatic heterocycles. The van der Waals surface area contributed by atoms with Gasteiger partial charge < -0.3 is 0 Å². The van der Waals surface area contributed by atoms with Gasteiger partial charge in [-0.1, -0.05) is 52.3 Å². The molecular formula is C21H14BrN3O. The van der Waals surface area contributed by atoms with Crippen molar-refractivity contribution < 1.29 is 0 Å². The molecule has 0 aliphatic heterocycles. The third-order valence-corrected chi connectivity index (χ3v) is 4.49. The van der Waals surface area contributed by atoms with Gasteiger partial charge in [-0.2, -0.15) is 0 Å². The van der Waals surface area contributed by atoms with Gasteiger partial charge in [0, 0.05) is 28.3 Å². The zero-order valence-electron chi connectivity index (χ0n) is 13.7. The first-order valence-corrected chi connectivity index (χ1v) is 8.87. The molecule has 0 spiro atoms. The summed E-state index contributed by atoms with van der Waals surface area (Å²) in [4.78, 5) is 21.4. The summed E-state index contributed by atoms with van der Waals surface area (Å²) in [6.07, 6.45) is 7.26. The molecule has 0 aliphatic carbocycles. The predicted molar refractivity (Wildman–Crippen MR) is 108 cm³/mol. The molecule has 0 amide bonds. The van der Waals surface area contributed by atoms with Crippen molar-refractivity contribution in [1.29, 1.82) is 0 Å². The molecule has 0 saturated heterocycles.